The molecule has 0 aliphatic heterocycles. The summed E-state index contributed by atoms with van der Waals surface area (Å²) in [6.45, 7) is 4.31. The van der Waals surface area contributed by atoms with Gasteiger partial charge in [-0.3, -0.25) is 0 Å². The fraction of sp³-hybridized carbons (Fsp3) is 0.182. The van der Waals surface area contributed by atoms with Crippen LogP contribution in [0.3, 0.4) is 0 Å². The molecule has 25 heavy (non-hydrogen) atoms. The van der Waals surface area contributed by atoms with Gasteiger partial charge in [0.2, 0.25) is 16.7 Å². The van der Waals surface area contributed by atoms with E-state index in [1.165, 1.54) is 16.8 Å². The van der Waals surface area contributed by atoms with Gasteiger partial charge in [0.15, 0.2) is 0 Å². The molecule has 0 radical (unpaired) electrons. The van der Waals surface area contributed by atoms with Crippen molar-refractivity contribution < 1.29 is 4.57 Å². The largest absolute Gasteiger partial charge is 0.377 e. The normalized spacial score (nSPS) is 11.2. The zero-order valence-corrected chi connectivity index (χ0v) is 15.1. The van der Waals surface area contributed by atoms with Gasteiger partial charge in [0, 0.05) is 43.5 Å². The van der Waals surface area contributed by atoms with Gasteiger partial charge in [-0.2, -0.15) is 0 Å². The molecule has 124 valence electrons. The van der Waals surface area contributed by atoms with E-state index in [-0.39, 0.29) is 0 Å². The van der Waals surface area contributed by atoms with Crippen molar-refractivity contribution >= 4 is 27.8 Å². The Balaban J connectivity index is 2.25. The summed E-state index contributed by atoms with van der Waals surface area (Å²) in [6, 6.07) is 21.3. The van der Waals surface area contributed by atoms with E-state index in [0.717, 1.165) is 27.8 Å². The Morgan fingerprint density at radius 3 is 2.28 bits per heavy atom. The van der Waals surface area contributed by atoms with Crippen LogP contribution in [0.2, 0.25) is 0 Å². The van der Waals surface area contributed by atoms with E-state index in [1.807, 2.05) is 0 Å². The maximum absolute atomic E-state index is 4.93. The number of fused-ring (bicyclic) bond motifs is 2. The van der Waals surface area contributed by atoms with Gasteiger partial charge < -0.3 is 4.90 Å². The molecule has 1 aromatic heterocycles. The van der Waals surface area contributed by atoms with Gasteiger partial charge in [0.05, 0.1) is 0 Å². The molecule has 0 aliphatic rings. The first-order chi connectivity index (χ1) is 12.1. The molecular formula is C22H22N3+. The predicted molar refractivity (Wildman–Crippen MR) is 105 cm³/mol. The third-order valence-electron chi connectivity index (χ3n) is 4.71. The molecule has 3 nitrogen and oxygen atoms in total. The van der Waals surface area contributed by atoms with E-state index >= 15 is 0 Å². The lowest BCUT2D eigenvalue weighted by Gasteiger charge is -2.16. The highest BCUT2D eigenvalue weighted by atomic mass is 15.1. The Labute approximate surface area is 148 Å². The summed E-state index contributed by atoms with van der Waals surface area (Å²) in [5.41, 5.74) is 9.17. The topological polar surface area (TPSA) is 20.0 Å². The van der Waals surface area contributed by atoms with Gasteiger partial charge in [-0.05, 0) is 37.6 Å². The molecule has 1 heterocycles. The van der Waals surface area contributed by atoms with E-state index in [1.54, 1.807) is 0 Å². The number of para-hydroxylation sites is 1. The minimum absolute atomic E-state index is 1.01. The number of aryl methyl sites for hydroxylation is 2. The number of hydrogen-bond donors (Lipinski definition) is 0. The average Bonchev–Trinajstić information content (AvgIpc) is 2.61. The van der Waals surface area contributed by atoms with Crippen molar-refractivity contribution in [3.05, 3.63) is 71.8 Å². The molecule has 3 heteroatoms. The molecule has 0 fully saturated rings. The van der Waals surface area contributed by atoms with E-state index in [0.29, 0.717) is 0 Å². The Morgan fingerprint density at radius 1 is 0.840 bits per heavy atom. The van der Waals surface area contributed by atoms with Crippen LogP contribution in [-0.2, 0) is 0 Å². The first-order valence-electron chi connectivity index (χ1n) is 8.55. The molecule has 0 atom stereocenters. The SMILES string of the molecule is Cc1ccc2nc3ccc(N(C)C)c(C)c3[n+](-c3ccccc3)c2c1. The van der Waals surface area contributed by atoms with Crippen LogP contribution in [0, 0.1) is 13.8 Å². The maximum atomic E-state index is 4.93. The maximum Gasteiger partial charge on any atom is 0.242 e. The zero-order chi connectivity index (χ0) is 17.6. The number of nitrogens with zero attached hydrogens (tertiary/aromatic N) is 3. The van der Waals surface area contributed by atoms with Crippen LogP contribution >= 0.6 is 0 Å². The van der Waals surface area contributed by atoms with Crippen molar-refractivity contribution in [1.82, 2.24) is 4.98 Å². The van der Waals surface area contributed by atoms with E-state index in [2.05, 4.69) is 98.1 Å². The Kier molecular flexibility index (Phi) is 3.65. The molecule has 0 unspecified atom stereocenters. The molecule has 0 amide bonds. The quantitative estimate of drug-likeness (QED) is 0.403. The summed E-state index contributed by atoms with van der Waals surface area (Å²) >= 11 is 0. The van der Waals surface area contributed by atoms with Crippen LogP contribution < -0.4 is 9.47 Å². The lowest BCUT2D eigenvalue weighted by atomic mass is 10.1. The zero-order valence-electron chi connectivity index (χ0n) is 15.1. The van der Waals surface area contributed by atoms with Gasteiger partial charge in [-0.25, -0.2) is 4.98 Å². The highest BCUT2D eigenvalue weighted by Gasteiger charge is 2.23. The number of anilines is 1. The van der Waals surface area contributed by atoms with Crippen molar-refractivity contribution in [3.8, 4) is 5.69 Å². The summed E-state index contributed by atoms with van der Waals surface area (Å²) < 4.78 is 2.34. The van der Waals surface area contributed by atoms with Crippen molar-refractivity contribution in [2.45, 2.75) is 13.8 Å². The van der Waals surface area contributed by atoms with Gasteiger partial charge in [0.1, 0.15) is 11.0 Å². The van der Waals surface area contributed by atoms with E-state index in [9.17, 15) is 0 Å². The first-order valence-corrected chi connectivity index (χ1v) is 8.55. The summed E-state index contributed by atoms with van der Waals surface area (Å²) in [4.78, 5) is 7.08. The lowest BCUT2D eigenvalue weighted by Crippen LogP contribution is -2.34. The summed E-state index contributed by atoms with van der Waals surface area (Å²) in [6.07, 6.45) is 0. The average molecular weight is 328 g/mol. The number of benzene rings is 3. The van der Waals surface area contributed by atoms with Crippen molar-refractivity contribution in [3.63, 3.8) is 0 Å². The third kappa shape index (κ3) is 2.52. The fourth-order valence-electron chi connectivity index (χ4n) is 3.53. The summed E-state index contributed by atoms with van der Waals surface area (Å²) in [5.74, 6) is 0. The molecule has 0 aliphatic carbocycles. The summed E-state index contributed by atoms with van der Waals surface area (Å²) in [7, 11) is 4.17. The third-order valence-corrected chi connectivity index (χ3v) is 4.71. The molecule has 4 rings (SSSR count). The molecular weight excluding hydrogens is 306 g/mol. The van der Waals surface area contributed by atoms with Gasteiger partial charge in [-0.15, -0.1) is 4.57 Å². The van der Waals surface area contributed by atoms with Crippen LogP contribution in [0.5, 0.6) is 0 Å². The van der Waals surface area contributed by atoms with Gasteiger partial charge in [-0.1, -0.05) is 24.3 Å². The van der Waals surface area contributed by atoms with Crippen LogP contribution in [0.4, 0.5) is 5.69 Å². The minimum atomic E-state index is 1.01. The molecule has 0 N–H and O–H groups in total. The Hall–Kier alpha value is -2.94. The minimum Gasteiger partial charge on any atom is -0.377 e. The Morgan fingerprint density at radius 2 is 1.56 bits per heavy atom. The Bertz CT molecular complexity index is 1080. The highest BCUT2D eigenvalue weighted by molar-refractivity contribution is 5.87. The predicted octanol–water partition coefficient (Wildman–Crippen LogP) is 4.35. The van der Waals surface area contributed by atoms with Crippen LogP contribution in [-0.4, -0.2) is 19.1 Å². The molecule has 4 aromatic rings. The van der Waals surface area contributed by atoms with Crippen molar-refractivity contribution in [1.29, 1.82) is 0 Å². The van der Waals surface area contributed by atoms with Crippen molar-refractivity contribution in [2.24, 2.45) is 0 Å². The molecule has 0 bridgehead atoms. The lowest BCUT2D eigenvalue weighted by molar-refractivity contribution is -0.538. The highest BCUT2D eigenvalue weighted by Crippen LogP contribution is 2.27. The second-order valence-corrected chi connectivity index (χ2v) is 6.75. The molecule has 0 spiro atoms. The van der Waals surface area contributed by atoms with Crippen LogP contribution in [0.1, 0.15) is 11.1 Å². The van der Waals surface area contributed by atoms with Crippen LogP contribution in [0.15, 0.2) is 60.7 Å². The second kappa shape index (κ2) is 5.85. The monoisotopic (exact) mass is 328 g/mol. The van der Waals surface area contributed by atoms with E-state index in [4.69, 9.17) is 4.98 Å². The van der Waals surface area contributed by atoms with Crippen molar-refractivity contribution in [2.75, 3.05) is 19.0 Å². The smallest absolute Gasteiger partial charge is 0.242 e. The molecule has 0 saturated heterocycles. The van der Waals surface area contributed by atoms with Gasteiger partial charge in [0.25, 0.3) is 0 Å². The number of hydrogen-bond acceptors (Lipinski definition) is 2. The second-order valence-electron chi connectivity index (χ2n) is 6.75. The summed E-state index contributed by atoms with van der Waals surface area (Å²) in [5, 5.41) is 0. The van der Waals surface area contributed by atoms with Gasteiger partial charge >= 0.3 is 0 Å². The van der Waals surface area contributed by atoms with Crippen LogP contribution in [0.25, 0.3) is 27.8 Å². The molecule has 3 aromatic carbocycles. The standard InChI is InChI=1S/C22H22N3/c1-15-10-11-18-21(14-15)25(17-8-6-5-7-9-17)22-16(2)20(24(3)4)13-12-19(22)23-18/h5-14H,1-4H3/q+1. The van der Waals surface area contributed by atoms with E-state index < -0.39 is 0 Å². The number of aromatic nitrogens is 2. The fourth-order valence-corrected chi connectivity index (χ4v) is 3.53. The first kappa shape index (κ1) is 15.6. The molecule has 0 saturated carbocycles. The number of rotatable bonds is 2.